The van der Waals surface area contributed by atoms with Crippen LogP contribution in [0.5, 0.6) is 11.5 Å². The summed E-state index contributed by atoms with van der Waals surface area (Å²) in [4.78, 5) is 25.9. The number of nitrogens with zero attached hydrogens (tertiary/aromatic N) is 1. The van der Waals surface area contributed by atoms with E-state index in [1.165, 1.54) is 18.9 Å². The molecule has 0 spiro atoms. The van der Waals surface area contributed by atoms with E-state index < -0.39 is 5.97 Å². The van der Waals surface area contributed by atoms with Crippen molar-refractivity contribution in [1.29, 1.82) is 0 Å². The Labute approximate surface area is 170 Å². The highest BCUT2D eigenvalue weighted by molar-refractivity contribution is 9.10. The van der Waals surface area contributed by atoms with Gasteiger partial charge >= 0.3 is 5.97 Å². The number of ether oxygens (including phenoxy) is 3. The number of thiocarbonyl (C=S) groups is 1. The van der Waals surface area contributed by atoms with Crippen molar-refractivity contribution in [2.75, 3.05) is 26.9 Å². The van der Waals surface area contributed by atoms with Crippen LogP contribution in [0.25, 0.3) is 6.08 Å². The third-order valence-corrected chi connectivity index (χ3v) is 5.47. The highest BCUT2D eigenvalue weighted by atomic mass is 79.9. The van der Waals surface area contributed by atoms with Crippen LogP contribution in [-0.2, 0) is 14.3 Å². The molecular formula is C17H18BrNO5S2. The number of carbonyl (C=O) groups is 2. The molecule has 0 saturated carbocycles. The summed E-state index contributed by atoms with van der Waals surface area (Å²) in [5.41, 5.74) is 0.738. The van der Waals surface area contributed by atoms with Crippen LogP contribution in [-0.4, -0.2) is 48.0 Å². The number of amides is 1. The van der Waals surface area contributed by atoms with E-state index in [9.17, 15) is 9.59 Å². The average Bonchev–Trinajstić information content (AvgIpc) is 2.88. The Balaban J connectivity index is 2.26. The van der Waals surface area contributed by atoms with Gasteiger partial charge in [0, 0.05) is 11.0 Å². The van der Waals surface area contributed by atoms with Crippen LogP contribution in [0.3, 0.4) is 0 Å². The zero-order chi connectivity index (χ0) is 19.3. The molecule has 0 radical (unpaired) electrons. The van der Waals surface area contributed by atoms with Gasteiger partial charge in [-0.15, -0.1) is 0 Å². The molecule has 0 atom stereocenters. The summed E-state index contributed by atoms with van der Waals surface area (Å²) < 4.78 is 16.9. The van der Waals surface area contributed by atoms with Crippen molar-refractivity contribution < 1.29 is 23.8 Å². The molecule has 9 heteroatoms. The van der Waals surface area contributed by atoms with Crippen LogP contribution in [0.4, 0.5) is 0 Å². The minimum Gasteiger partial charge on any atom is -0.493 e. The number of esters is 1. The second-order valence-corrected chi connectivity index (χ2v) is 7.57. The molecule has 1 aliphatic heterocycles. The first-order chi connectivity index (χ1) is 12.4. The lowest BCUT2D eigenvalue weighted by Crippen LogP contribution is -2.27. The molecule has 1 aromatic carbocycles. The zero-order valence-corrected chi connectivity index (χ0v) is 17.8. The van der Waals surface area contributed by atoms with Gasteiger partial charge in [0.1, 0.15) is 4.32 Å². The van der Waals surface area contributed by atoms with Gasteiger partial charge in [-0.05, 0) is 37.6 Å². The molecule has 0 N–H and O–H groups in total. The van der Waals surface area contributed by atoms with E-state index in [1.54, 1.807) is 30.0 Å². The molecule has 0 aliphatic carbocycles. The Kier molecular flexibility index (Phi) is 7.48. The highest BCUT2D eigenvalue weighted by Gasteiger charge is 2.30. The van der Waals surface area contributed by atoms with E-state index in [0.717, 1.165) is 5.56 Å². The molecule has 6 nitrogen and oxygen atoms in total. The summed E-state index contributed by atoms with van der Waals surface area (Å²) in [7, 11) is 1.50. The summed E-state index contributed by atoms with van der Waals surface area (Å²) in [6, 6.07) is 3.41. The number of thioether (sulfide) groups is 1. The topological polar surface area (TPSA) is 65.1 Å². The van der Waals surface area contributed by atoms with Gasteiger partial charge in [0.2, 0.25) is 0 Å². The van der Waals surface area contributed by atoms with Gasteiger partial charge in [-0.25, -0.2) is 4.79 Å². The molecule has 2 rings (SSSR count). The van der Waals surface area contributed by atoms with Crippen LogP contribution >= 0.6 is 39.9 Å². The standard InChI is InChI=1S/C17H18BrNO5S2/c1-4-19-16(21)14(26-17(19)25)7-10-6-12(22-3)13(8-11(10)18)24-9-15(20)23-5-2/h6-8H,4-5,9H2,1-3H3. The van der Waals surface area contributed by atoms with Crippen LogP contribution < -0.4 is 9.47 Å². The van der Waals surface area contributed by atoms with E-state index in [0.29, 0.717) is 31.7 Å². The lowest BCUT2D eigenvalue weighted by Gasteiger charge is -2.12. The zero-order valence-electron chi connectivity index (χ0n) is 14.5. The molecule has 0 aromatic heterocycles. The van der Waals surface area contributed by atoms with Crippen molar-refractivity contribution in [2.24, 2.45) is 0 Å². The number of halogens is 1. The maximum absolute atomic E-state index is 12.3. The van der Waals surface area contributed by atoms with Crippen LogP contribution in [0.1, 0.15) is 19.4 Å². The summed E-state index contributed by atoms with van der Waals surface area (Å²) in [6.45, 7) is 4.21. The monoisotopic (exact) mass is 459 g/mol. The molecule has 1 aliphatic rings. The second kappa shape index (κ2) is 9.38. The SMILES string of the molecule is CCOC(=O)COc1cc(Br)c(C=C2SC(=S)N(CC)C2=O)cc1OC. The summed E-state index contributed by atoms with van der Waals surface area (Å²) in [5, 5.41) is 0. The number of benzene rings is 1. The Morgan fingerprint density at radius 1 is 1.35 bits per heavy atom. The van der Waals surface area contributed by atoms with Gasteiger partial charge in [-0.2, -0.15) is 0 Å². The van der Waals surface area contributed by atoms with E-state index in [4.69, 9.17) is 26.4 Å². The molecule has 1 fully saturated rings. The summed E-state index contributed by atoms with van der Waals surface area (Å²) in [5.74, 6) is 0.259. The van der Waals surface area contributed by atoms with Crippen molar-refractivity contribution in [3.8, 4) is 11.5 Å². The van der Waals surface area contributed by atoms with Crippen LogP contribution in [0, 0.1) is 0 Å². The molecule has 0 unspecified atom stereocenters. The van der Waals surface area contributed by atoms with Crippen molar-refractivity contribution in [3.05, 3.63) is 27.1 Å². The molecular weight excluding hydrogens is 442 g/mol. The third kappa shape index (κ3) is 4.77. The van der Waals surface area contributed by atoms with Crippen LogP contribution in [0.2, 0.25) is 0 Å². The third-order valence-electron chi connectivity index (χ3n) is 3.41. The van der Waals surface area contributed by atoms with Gasteiger partial charge in [0.05, 0.1) is 18.6 Å². The Bertz CT molecular complexity index is 766. The molecule has 1 aromatic rings. The maximum Gasteiger partial charge on any atom is 0.344 e. The Hall–Kier alpha value is -1.58. The van der Waals surface area contributed by atoms with E-state index in [2.05, 4.69) is 15.9 Å². The first kappa shape index (κ1) is 20.7. The van der Waals surface area contributed by atoms with Gasteiger partial charge in [0.15, 0.2) is 18.1 Å². The predicted octanol–water partition coefficient (Wildman–Crippen LogP) is 3.62. The van der Waals surface area contributed by atoms with Gasteiger partial charge in [0.25, 0.3) is 5.91 Å². The highest BCUT2D eigenvalue weighted by Crippen LogP contribution is 2.38. The van der Waals surface area contributed by atoms with Gasteiger partial charge in [-0.3, -0.25) is 9.69 Å². The molecule has 26 heavy (non-hydrogen) atoms. The van der Waals surface area contributed by atoms with Crippen molar-refractivity contribution in [1.82, 2.24) is 4.90 Å². The number of rotatable bonds is 7. The molecule has 1 saturated heterocycles. The fourth-order valence-electron chi connectivity index (χ4n) is 2.19. The van der Waals surface area contributed by atoms with Crippen molar-refractivity contribution in [2.45, 2.75) is 13.8 Å². The summed E-state index contributed by atoms with van der Waals surface area (Å²) in [6.07, 6.45) is 1.75. The molecule has 0 bridgehead atoms. The first-order valence-electron chi connectivity index (χ1n) is 7.82. The predicted molar refractivity (Wildman–Crippen MR) is 108 cm³/mol. The minimum atomic E-state index is -0.460. The second-order valence-electron chi connectivity index (χ2n) is 5.04. The fourth-order valence-corrected chi connectivity index (χ4v) is 4.00. The normalized spacial score (nSPS) is 15.5. The lowest BCUT2D eigenvalue weighted by molar-refractivity contribution is -0.145. The summed E-state index contributed by atoms with van der Waals surface area (Å²) >= 11 is 9.94. The Morgan fingerprint density at radius 2 is 2.08 bits per heavy atom. The average molecular weight is 460 g/mol. The molecule has 140 valence electrons. The van der Waals surface area contributed by atoms with E-state index >= 15 is 0 Å². The number of carbonyl (C=O) groups excluding carboxylic acids is 2. The van der Waals surface area contributed by atoms with Gasteiger partial charge in [-0.1, -0.05) is 39.9 Å². The first-order valence-corrected chi connectivity index (χ1v) is 9.84. The number of methoxy groups -OCH3 is 1. The molecule has 1 heterocycles. The number of hydrogen-bond donors (Lipinski definition) is 0. The number of hydrogen-bond acceptors (Lipinski definition) is 7. The quantitative estimate of drug-likeness (QED) is 0.350. The maximum atomic E-state index is 12.3. The van der Waals surface area contributed by atoms with Crippen molar-refractivity contribution >= 4 is 62.2 Å². The fraction of sp³-hybridized carbons (Fsp3) is 0.353. The lowest BCUT2D eigenvalue weighted by atomic mass is 10.2. The molecule has 1 amide bonds. The Morgan fingerprint density at radius 3 is 2.65 bits per heavy atom. The van der Waals surface area contributed by atoms with E-state index in [-0.39, 0.29) is 19.1 Å². The smallest absolute Gasteiger partial charge is 0.344 e. The number of likely N-dealkylation sites (N-methyl/N-ethyl adjacent to an activating group) is 1. The van der Waals surface area contributed by atoms with Crippen LogP contribution in [0.15, 0.2) is 21.5 Å². The minimum absolute atomic E-state index is 0.115. The van der Waals surface area contributed by atoms with E-state index in [1.807, 2.05) is 6.92 Å². The van der Waals surface area contributed by atoms with Crippen molar-refractivity contribution in [3.63, 3.8) is 0 Å². The largest absolute Gasteiger partial charge is 0.493 e. The van der Waals surface area contributed by atoms with Gasteiger partial charge < -0.3 is 14.2 Å².